The van der Waals surface area contributed by atoms with Crippen LogP contribution in [-0.2, 0) is 5.54 Å². The summed E-state index contributed by atoms with van der Waals surface area (Å²) in [4.78, 5) is 20.3. The molecule has 1 aliphatic heterocycles. The van der Waals surface area contributed by atoms with Gasteiger partial charge < -0.3 is 10.1 Å². The van der Waals surface area contributed by atoms with Gasteiger partial charge in [0.2, 0.25) is 0 Å². The summed E-state index contributed by atoms with van der Waals surface area (Å²) in [6, 6.07) is 14.5. The lowest BCUT2D eigenvalue weighted by atomic mass is 9.94. The van der Waals surface area contributed by atoms with Crippen LogP contribution >= 0.6 is 0 Å². The average molecular weight is 442 g/mol. The molecule has 1 saturated heterocycles. The molecule has 2 aromatic carbocycles. The molecule has 1 atom stereocenters. The molecule has 2 fully saturated rings. The van der Waals surface area contributed by atoms with Gasteiger partial charge in [-0.15, -0.1) is 0 Å². The van der Waals surface area contributed by atoms with E-state index in [2.05, 4.69) is 47.0 Å². The standard InChI is InChI=1S/C28H31N3O2/c1-18(2)20-14-25(23-6-5-12-29-26(23)15-20)28(10-11-28)30-27(32)24-16-22(8-7-19(24)3)33-17-21-9-13-31(21)4/h5-8,12,14-16,21H,1,9-11,13,17H2,2-4H3,(H,30,32)/t21-/m0/s1. The minimum Gasteiger partial charge on any atom is -0.492 e. The number of aryl methyl sites for hydroxylation is 1. The van der Waals surface area contributed by atoms with Crippen molar-refractivity contribution in [3.63, 3.8) is 0 Å². The predicted octanol–water partition coefficient (Wildman–Crippen LogP) is 5.08. The maximum Gasteiger partial charge on any atom is 0.252 e. The van der Waals surface area contributed by atoms with Gasteiger partial charge in [0, 0.05) is 23.2 Å². The number of likely N-dealkylation sites (N-methyl/N-ethyl adjacent to an activating group) is 1. The number of allylic oxidation sites excluding steroid dienone is 1. The van der Waals surface area contributed by atoms with Crippen LogP contribution in [0, 0.1) is 6.92 Å². The van der Waals surface area contributed by atoms with Crippen molar-refractivity contribution in [1.82, 2.24) is 15.2 Å². The van der Waals surface area contributed by atoms with Gasteiger partial charge in [-0.1, -0.05) is 24.3 Å². The summed E-state index contributed by atoms with van der Waals surface area (Å²) in [5.41, 5.74) is 5.34. The number of pyridine rings is 1. The van der Waals surface area contributed by atoms with E-state index in [-0.39, 0.29) is 11.4 Å². The zero-order valence-electron chi connectivity index (χ0n) is 19.6. The molecule has 1 aromatic heterocycles. The molecule has 1 saturated carbocycles. The smallest absolute Gasteiger partial charge is 0.252 e. The number of benzene rings is 2. The monoisotopic (exact) mass is 441 g/mol. The van der Waals surface area contributed by atoms with Crippen LogP contribution in [0.5, 0.6) is 5.75 Å². The van der Waals surface area contributed by atoms with E-state index in [0.29, 0.717) is 18.2 Å². The number of hydrogen-bond donors (Lipinski definition) is 1. The molecule has 0 spiro atoms. The van der Waals surface area contributed by atoms with Crippen molar-refractivity contribution >= 4 is 22.4 Å². The lowest BCUT2D eigenvalue weighted by molar-refractivity contribution is 0.0767. The fourth-order valence-corrected chi connectivity index (χ4v) is 4.60. The number of aromatic nitrogens is 1. The van der Waals surface area contributed by atoms with Crippen LogP contribution in [0.2, 0.25) is 0 Å². The molecule has 1 aliphatic carbocycles. The van der Waals surface area contributed by atoms with E-state index in [4.69, 9.17) is 4.74 Å². The summed E-state index contributed by atoms with van der Waals surface area (Å²) in [6.45, 7) is 9.86. The van der Waals surface area contributed by atoms with E-state index in [1.165, 1.54) is 0 Å². The van der Waals surface area contributed by atoms with Crippen LogP contribution in [0.4, 0.5) is 0 Å². The zero-order valence-corrected chi connectivity index (χ0v) is 19.6. The number of carbonyl (C=O) groups excluding carboxylic acids is 1. The highest BCUT2D eigenvalue weighted by Crippen LogP contribution is 2.48. The van der Waals surface area contributed by atoms with E-state index >= 15 is 0 Å². The van der Waals surface area contributed by atoms with Crippen molar-refractivity contribution in [3.8, 4) is 5.75 Å². The molecule has 1 amide bonds. The Morgan fingerprint density at radius 2 is 2.09 bits per heavy atom. The number of fused-ring (bicyclic) bond motifs is 1. The van der Waals surface area contributed by atoms with Crippen LogP contribution in [0.1, 0.15) is 53.2 Å². The molecule has 0 radical (unpaired) electrons. The second kappa shape index (κ2) is 8.31. The van der Waals surface area contributed by atoms with Gasteiger partial charge in [-0.25, -0.2) is 0 Å². The first kappa shape index (κ1) is 21.7. The molecule has 33 heavy (non-hydrogen) atoms. The number of rotatable bonds is 7. The first-order chi connectivity index (χ1) is 15.9. The molecular weight excluding hydrogens is 410 g/mol. The molecule has 2 heterocycles. The molecule has 5 heteroatoms. The Morgan fingerprint density at radius 3 is 2.76 bits per heavy atom. The van der Waals surface area contributed by atoms with Crippen LogP contribution in [0.15, 0.2) is 55.2 Å². The summed E-state index contributed by atoms with van der Waals surface area (Å²) in [6.07, 6.45) is 4.78. The van der Waals surface area contributed by atoms with E-state index in [9.17, 15) is 4.79 Å². The van der Waals surface area contributed by atoms with Crippen LogP contribution < -0.4 is 10.1 Å². The van der Waals surface area contributed by atoms with Crippen LogP contribution in [0.25, 0.3) is 16.5 Å². The Labute approximate surface area is 195 Å². The second-order valence-electron chi connectivity index (χ2n) is 9.62. The third kappa shape index (κ3) is 4.13. The van der Waals surface area contributed by atoms with Crippen molar-refractivity contribution in [1.29, 1.82) is 0 Å². The predicted molar refractivity (Wildman–Crippen MR) is 133 cm³/mol. The Kier molecular flexibility index (Phi) is 5.45. The molecule has 1 N–H and O–H groups in total. The summed E-state index contributed by atoms with van der Waals surface area (Å²) in [5.74, 6) is 0.684. The summed E-state index contributed by atoms with van der Waals surface area (Å²) >= 11 is 0. The van der Waals surface area contributed by atoms with Gasteiger partial charge in [-0.3, -0.25) is 14.7 Å². The van der Waals surface area contributed by atoms with Crippen molar-refractivity contribution in [2.75, 3.05) is 20.2 Å². The van der Waals surface area contributed by atoms with Crippen LogP contribution in [0.3, 0.4) is 0 Å². The van der Waals surface area contributed by atoms with Crippen molar-refractivity contribution in [3.05, 3.63) is 77.5 Å². The maximum atomic E-state index is 13.5. The quantitative estimate of drug-likeness (QED) is 0.556. The summed E-state index contributed by atoms with van der Waals surface area (Å²) in [7, 11) is 2.11. The first-order valence-electron chi connectivity index (χ1n) is 11.7. The maximum absolute atomic E-state index is 13.5. The average Bonchev–Trinajstić information content (AvgIpc) is 3.58. The van der Waals surface area contributed by atoms with E-state index < -0.39 is 0 Å². The molecule has 0 unspecified atom stereocenters. The Bertz CT molecular complexity index is 1250. The van der Waals surface area contributed by atoms with Gasteiger partial charge in [-0.05, 0) is 93.7 Å². The molecule has 0 bridgehead atoms. The SMILES string of the molecule is C=C(C)c1cc(C2(NC(=O)c3cc(OC[C@@H]4CCN4C)ccc3C)CC2)c2cccnc2c1. The highest BCUT2D eigenvalue weighted by atomic mass is 16.5. The van der Waals surface area contributed by atoms with E-state index in [1.807, 2.05) is 44.3 Å². The number of amides is 1. The van der Waals surface area contributed by atoms with Gasteiger partial charge in [0.25, 0.3) is 5.91 Å². The van der Waals surface area contributed by atoms with Crippen molar-refractivity contribution in [2.45, 2.75) is 44.7 Å². The first-order valence-corrected chi connectivity index (χ1v) is 11.7. The third-order valence-corrected chi connectivity index (χ3v) is 7.17. The minimum atomic E-state index is -0.373. The van der Waals surface area contributed by atoms with Crippen molar-refractivity contribution in [2.24, 2.45) is 0 Å². The van der Waals surface area contributed by atoms with E-state index in [1.54, 1.807) is 0 Å². The molecule has 5 rings (SSSR count). The number of nitrogens with zero attached hydrogens (tertiary/aromatic N) is 2. The van der Waals surface area contributed by atoms with Gasteiger partial charge >= 0.3 is 0 Å². The third-order valence-electron chi connectivity index (χ3n) is 7.17. The largest absolute Gasteiger partial charge is 0.492 e. The fourth-order valence-electron chi connectivity index (χ4n) is 4.60. The highest BCUT2D eigenvalue weighted by Gasteiger charge is 2.47. The topological polar surface area (TPSA) is 54.5 Å². The Morgan fingerprint density at radius 1 is 1.27 bits per heavy atom. The number of carbonyl (C=O) groups is 1. The Hall–Kier alpha value is -3.18. The number of ether oxygens (including phenoxy) is 1. The summed E-state index contributed by atoms with van der Waals surface area (Å²) < 4.78 is 6.02. The zero-order chi connectivity index (χ0) is 23.2. The van der Waals surface area contributed by atoms with E-state index in [0.717, 1.165) is 64.7 Å². The Balaban J connectivity index is 1.41. The molecular formula is C28H31N3O2. The molecule has 5 nitrogen and oxygen atoms in total. The normalized spacial score (nSPS) is 19.1. The highest BCUT2D eigenvalue weighted by molar-refractivity contribution is 5.97. The van der Waals surface area contributed by atoms with Gasteiger partial charge in [-0.2, -0.15) is 0 Å². The van der Waals surface area contributed by atoms with Crippen molar-refractivity contribution < 1.29 is 9.53 Å². The lowest BCUT2D eigenvalue weighted by Gasteiger charge is -2.37. The number of nitrogens with one attached hydrogen (secondary N) is 1. The van der Waals surface area contributed by atoms with Gasteiger partial charge in [0.15, 0.2) is 0 Å². The number of likely N-dealkylation sites (tertiary alicyclic amines) is 1. The molecule has 170 valence electrons. The minimum absolute atomic E-state index is 0.0611. The van der Waals surface area contributed by atoms with Crippen LogP contribution in [-0.4, -0.2) is 42.0 Å². The molecule has 3 aromatic rings. The fraction of sp³-hybridized carbons (Fsp3) is 0.357. The van der Waals surface area contributed by atoms with Gasteiger partial charge in [0.05, 0.1) is 11.1 Å². The van der Waals surface area contributed by atoms with Gasteiger partial charge in [0.1, 0.15) is 12.4 Å². The summed E-state index contributed by atoms with van der Waals surface area (Å²) in [5, 5.41) is 4.44. The number of hydrogen-bond acceptors (Lipinski definition) is 4. The lowest BCUT2D eigenvalue weighted by Crippen LogP contribution is -2.48. The molecule has 2 aliphatic rings. The second-order valence-corrected chi connectivity index (χ2v) is 9.62.